The Kier molecular flexibility index (Phi) is 4.09. The standard InChI is InChI=1S/C19H17N3O4S/c1-12-20-21-19(26-12)14-6-9-18-16(10-14)17(11-25-18)13-4-7-15(8-5-13)27(23,24)22(2)3/h4-11H,1-3H3. The van der Waals surface area contributed by atoms with E-state index in [1.165, 1.54) is 18.4 Å². The summed E-state index contributed by atoms with van der Waals surface area (Å²) in [4.78, 5) is 0.242. The van der Waals surface area contributed by atoms with E-state index < -0.39 is 10.0 Å². The van der Waals surface area contributed by atoms with Gasteiger partial charge in [-0.1, -0.05) is 12.1 Å². The third-order valence-electron chi connectivity index (χ3n) is 4.29. The number of furan rings is 1. The lowest BCUT2D eigenvalue weighted by Gasteiger charge is -2.11. The first-order valence-electron chi connectivity index (χ1n) is 8.21. The van der Waals surface area contributed by atoms with Crippen LogP contribution in [0.3, 0.4) is 0 Å². The molecule has 0 radical (unpaired) electrons. The number of nitrogens with zero attached hydrogens (tertiary/aromatic N) is 3. The van der Waals surface area contributed by atoms with Crippen molar-refractivity contribution in [2.45, 2.75) is 11.8 Å². The van der Waals surface area contributed by atoms with Gasteiger partial charge in [-0.05, 0) is 35.9 Å². The van der Waals surface area contributed by atoms with Gasteiger partial charge in [0.2, 0.25) is 21.8 Å². The van der Waals surface area contributed by atoms with Crippen molar-refractivity contribution >= 4 is 21.0 Å². The monoisotopic (exact) mass is 383 g/mol. The number of aryl methyl sites for hydroxylation is 1. The first-order chi connectivity index (χ1) is 12.9. The summed E-state index contributed by atoms with van der Waals surface area (Å²) in [6, 6.07) is 12.3. The minimum absolute atomic E-state index is 0.242. The molecule has 0 saturated heterocycles. The molecule has 4 rings (SSSR count). The molecule has 4 aromatic rings. The molecular weight excluding hydrogens is 366 g/mol. The fourth-order valence-electron chi connectivity index (χ4n) is 2.82. The third kappa shape index (κ3) is 3.02. The van der Waals surface area contributed by atoms with Gasteiger partial charge in [-0.15, -0.1) is 10.2 Å². The molecule has 0 spiro atoms. The maximum Gasteiger partial charge on any atom is 0.247 e. The van der Waals surface area contributed by atoms with Gasteiger partial charge in [0, 0.05) is 37.5 Å². The van der Waals surface area contributed by atoms with Gasteiger partial charge in [-0.25, -0.2) is 12.7 Å². The number of rotatable bonds is 4. The van der Waals surface area contributed by atoms with Crippen LogP contribution in [0.4, 0.5) is 0 Å². The molecule has 0 saturated carbocycles. The smallest absolute Gasteiger partial charge is 0.247 e. The summed E-state index contributed by atoms with van der Waals surface area (Å²) < 4.78 is 36.8. The highest BCUT2D eigenvalue weighted by Gasteiger charge is 2.18. The van der Waals surface area contributed by atoms with E-state index in [2.05, 4.69) is 10.2 Å². The van der Waals surface area contributed by atoms with Crippen molar-refractivity contribution in [3.63, 3.8) is 0 Å². The van der Waals surface area contributed by atoms with Crippen molar-refractivity contribution in [1.82, 2.24) is 14.5 Å². The third-order valence-corrected chi connectivity index (χ3v) is 6.12. The van der Waals surface area contributed by atoms with Crippen LogP contribution in [0.2, 0.25) is 0 Å². The minimum atomic E-state index is -3.46. The Morgan fingerprint density at radius 1 is 0.963 bits per heavy atom. The van der Waals surface area contributed by atoms with Crippen LogP contribution >= 0.6 is 0 Å². The van der Waals surface area contributed by atoms with Crippen LogP contribution < -0.4 is 0 Å². The highest BCUT2D eigenvalue weighted by atomic mass is 32.2. The van der Waals surface area contributed by atoms with E-state index >= 15 is 0 Å². The summed E-state index contributed by atoms with van der Waals surface area (Å²) in [5.74, 6) is 0.934. The van der Waals surface area contributed by atoms with Crippen LogP contribution in [0, 0.1) is 6.92 Å². The van der Waals surface area contributed by atoms with Crippen LogP contribution in [-0.2, 0) is 10.0 Å². The molecular formula is C19H17N3O4S. The van der Waals surface area contributed by atoms with E-state index in [0.29, 0.717) is 11.8 Å². The predicted octanol–water partition coefficient (Wildman–Crippen LogP) is 3.71. The lowest BCUT2D eigenvalue weighted by atomic mass is 10.0. The SMILES string of the molecule is Cc1nnc(-c2ccc3occ(-c4ccc(S(=O)(=O)N(C)C)cc4)c3c2)o1. The van der Waals surface area contributed by atoms with Gasteiger partial charge in [-0.2, -0.15) is 0 Å². The summed E-state index contributed by atoms with van der Waals surface area (Å²) in [5, 5.41) is 8.78. The molecule has 0 amide bonds. The molecule has 0 aliphatic rings. The van der Waals surface area contributed by atoms with Crippen molar-refractivity contribution in [3.05, 3.63) is 54.6 Å². The van der Waals surface area contributed by atoms with E-state index in [0.717, 1.165) is 27.7 Å². The Balaban J connectivity index is 1.78. The highest BCUT2D eigenvalue weighted by molar-refractivity contribution is 7.89. The molecule has 0 unspecified atom stereocenters. The first-order valence-corrected chi connectivity index (χ1v) is 9.65. The number of hydrogen-bond donors (Lipinski definition) is 0. The molecule has 2 heterocycles. The second-order valence-corrected chi connectivity index (χ2v) is 8.45. The zero-order valence-corrected chi connectivity index (χ0v) is 15.8. The average molecular weight is 383 g/mol. The molecule has 7 nitrogen and oxygen atoms in total. The molecule has 2 aromatic carbocycles. The number of fused-ring (bicyclic) bond motifs is 1. The lowest BCUT2D eigenvalue weighted by molar-refractivity contribution is 0.520. The van der Waals surface area contributed by atoms with Crippen molar-refractivity contribution in [2.24, 2.45) is 0 Å². The Morgan fingerprint density at radius 3 is 2.30 bits per heavy atom. The van der Waals surface area contributed by atoms with Crippen LogP contribution in [0.15, 0.2) is 62.5 Å². The maximum atomic E-state index is 12.2. The van der Waals surface area contributed by atoms with E-state index in [-0.39, 0.29) is 4.90 Å². The number of hydrogen-bond acceptors (Lipinski definition) is 6. The molecule has 0 bridgehead atoms. The van der Waals surface area contributed by atoms with Crippen LogP contribution in [0.5, 0.6) is 0 Å². The molecule has 8 heteroatoms. The Morgan fingerprint density at radius 2 is 1.67 bits per heavy atom. The quantitative estimate of drug-likeness (QED) is 0.534. The Bertz CT molecular complexity index is 1220. The second-order valence-electron chi connectivity index (χ2n) is 6.30. The van der Waals surface area contributed by atoms with E-state index in [1.807, 2.05) is 18.2 Å². The van der Waals surface area contributed by atoms with E-state index in [4.69, 9.17) is 8.83 Å². The number of benzene rings is 2. The number of sulfonamides is 1. The van der Waals surface area contributed by atoms with Crippen molar-refractivity contribution in [2.75, 3.05) is 14.1 Å². The van der Waals surface area contributed by atoms with Crippen molar-refractivity contribution in [3.8, 4) is 22.6 Å². The fourth-order valence-corrected chi connectivity index (χ4v) is 3.72. The van der Waals surface area contributed by atoms with Gasteiger partial charge in [0.25, 0.3) is 0 Å². The van der Waals surface area contributed by atoms with Gasteiger partial charge in [0.05, 0.1) is 11.2 Å². The summed E-state index contributed by atoms with van der Waals surface area (Å²) >= 11 is 0. The average Bonchev–Trinajstić information content (AvgIpc) is 3.27. The van der Waals surface area contributed by atoms with Gasteiger partial charge in [0.15, 0.2) is 0 Å². The zero-order valence-electron chi connectivity index (χ0n) is 15.0. The normalized spacial score (nSPS) is 12.1. The minimum Gasteiger partial charge on any atom is -0.464 e. The van der Waals surface area contributed by atoms with E-state index in [9.17, 15) is 8.42 Å². The summed E-state index contributed by atoms with van der Waals surface area (Å²) in [6.07, 6.45) is 1.66. The van der Waals surface area contributed by atoms with Crippen LogP contribution in [0.25, 0.3) is 33.6 Å². The molecule has 138 valence electrons. The Labute approximate surface area is 156 Å². The summed E-state index contributed by atoms with van der Waals surface area (Å²) in [5.41, 5.74) is 3.22. The molecule has 27 heavy (non-hydrogen) atoms. The number of aromatic nitrogens is 2. The van der Waals surface area contributed by atoms with Gasteiger partial charge in [0.1, 0.15) is 5.58 Å². The second kappa shape index (κ2) is 6.33. The summed E-state index contributed by atoms with van der Waals surface area (Å²) in [7, 11) is -0.448. The molecule has 2 aromatic heterocycles. The van der Waals surface area contributed by atoms with Gasteiger partial charge < -0.3 is 8.83 Å². The van der Waals surface area contributed by atoms with Crippen LogP contribution in [-0.4, -0.2) is 37.0 Å². The molecule has 0 fully saturated rings. The lowest BCUT2D eigenvalue weighted by Crippen LogP contribution is -2.22. The van der Waals surface area contributed by atoms with Gasteiger partial charge in [-0.3, -0.25) is 0 Å². The van der Waals surface area contributed by atoms with E-state index in [1.54, 1.807) is 37.5 Å². The predicted molar refractivity (Wildman–Crippen MR) is 101 cm³/mol. The van der Waals surface area contributed by atoms with Crippen molar-refractivity contribution < 1.29 is 17.3 Å². The Hall–Kier alpha value is -2.97. The molecule has 0 aliphatic carbocycles. The first kappa shape index (κ1) is 17.4. The maximum absolute atomic E-state index is 12.2. The largest absolute Gasteiger partial charge is 0.464 e. The van der Waals surface area contributed by atoms with Crippen LogP contribution in [0.1, 0.15) is 5.89 Å². The molecule has 0 atom stereocenters. The molecule has 0 aliphatic heterocycles. The summed E-state index contributed by atoms with van der Waals surface area (Å²) in [6.45, 7) is 1.74. The topological polar surface area (TPSA) is 89.4 Å². The highest BCUT2D eigenvalue weighted by Crippen LogP contribution is 2.34. The zero-order chi connectivity index (χ0) is 19.2. The fraction of sp³-hybridized carbons (Fsp3) is 0.158. The van der Waals surface area contributed by atoms with Crippen molar-refractivity contribution in [1.29, 1.82) is 0 Å². The van der Waals surface area contributed by atoms with Gasteiger partial charge >= 0.3 is 0 Å². The molecule has 0 N–H and O–H groups in total.